The molecule has 8 nitrogen and oxygen atoms in total. The lowest BCUT2D eigenvalue weighted by atomic mass is 10.2. The Bertz CT molecular complexity index is 1480. The second-order valence-electron chi connectivity index (χ2n) is 8.57. The van der Waals surface area contributed by atoms with Crippen molar-refractivity contribution in [1.29, 1.82) is 0 Å². The van der Waals surface area contributed by atoms with Gasteiger partial charge >= 0.3 is 0 Å². The molecule has 0 radical (unpaired) electrons. The van der Waals surface area contributed by atoms with Gasteiger partial charge in [0.15, 0.2) is 18.1 Å². The van der Waals surface area contributed by atoms with Crippen LogP contribution < -0.4 is 9.64 Å². The molecule has 5 aromatic rings. The van der Waals surface area contributed by atoms with Crippen molar-refractivity contribution >= 4 is 39.7 Å². The smallest absolute Gasteiger partial charge is 0.260 e. The Hall–Kier alpha value is -3.98. The maximum Gasteiger partial charge on any atom is 0.260 e. The number of anilines is 1. The number of hydrogen-bond acceptors (Lipinski definition) is 7. The number of para-hydroxylation sites is 2. The number of thiophene rings is 1. The fourth-order valence-electron chi connectivity index (χ4n) is 4.60. The van der Waals surface area contributed by atoms with Crippen LogP contribution in [0.25, 0.3) is 27.3 Å². The molecule has 0 spiro atoms. The lowest BCUT2D eigenvalue weighted by Gasteiger charge is -2.40. The first kappa shape index (κ1) is 21.5. The third-order valence-electron chi connectivity index (χ3n) is 6.31. The molecule has 176 valence electrons. The SMILES string of the molecule is CC1CN(c2nc3ccccc3c3nnc(-c4cccs4)n23)CCN1C(=O)COc1ccccc1. The van der Waals surface area contributed by atoms with E-state index in [0.29, 0.717) is 25.4 Å². The molecular formula is C26H24N6O2S. The van der Waals surface area contributed by atoms with Gasteiger partial charge in [0.25, 0.3) is 5.91 Å². The van der Waals surface area contributed by atoms with E-state index in [1.54, 1.807) is 11.3 Å². The number of fused-ring (bicyclic) bond motifs is 3. The second-order valence-corrected chi connectivity index (χ2v) is 9.52. The highest BCUT2D eigenvalue weighted by Gasteiger charge is 2.30. The van der Waals surface area contributed by atoms with Gasteiger partial charge in [-0.2, -0.15) is 0 Å². The quantitative estimate of drug-likeness (QED) is 0.374. The maximum atomic E-state index is 12.9. The van der Waals surface area contributed by atoms with Crippen molar-refractivity contribution in [3.63, 3.8) is 0 Å². The zero-order chi connectivity index (χ0) is 23.8. The van der Waals surface area contributed by atoms with Gasteiger partial charge in [0.05, 0.1) is 10.4 Å². The van der Waals surface area contributed by atoms with Crippen LogP contribution in [0.2, 0.25) is 0 Å². The molecule has 4 heterocycles. The Balaban J connectivity index is 1.30. The lowest BCUT2D eigenvalue weighted by Crippen LogP contribution is -2.55. The van der Waals surface area contributed by atoms with Crippen molar-refractivity contribution in [2.75, 3.05) is 31.1 Å². The van der Waals surface area contributed by atoms with Crippen molar-refractivity contribution < 1.29 is 9.53 Å². The number of carbonyl (C=O) groups excluding carboxylic acids is 1. The predicted octanol–water partition coefficient (Wildman–Crippen LogP) is 4.12. The Morgan fingerprint density at radius 3 is 2.66 bits per heavy atom. The largest absolute Gasteiger partial charge is 0.484 e. The van der Waals surface area contributed by atoms with Gasteiger partial charge in [-0.3, -0.25) is 4.79 Å². The molecule has 6 rings (SSSR count). The van der Waals surface area contributed by atoms with Crippen LogP contribution in [0.3, 0.4) is 0 Å². The molecule has 1 fully saturated rings. The molecule has 1 atom stereocenters. The summed E-state index contributed by atoms with van der Waals surface area (Å²) >= 11 is 1.63. The average molecular weight is 485 g/mol. The van der Waals surface area contributed by atoms with E-state index in [4.69, 9.17) is 9.72 Å². The summed E-state index contributed by atoms with van der Waals surface area (Å²) in [6.07, 6.45) is 0. The van der Waals surface area contributed by atoms with E-state index in [0.717, 1.165) is 33.2 Å². The van der Waals surface area contributed by atoms with Crippen LogP contribution in [0.5, 0.6) is 5.75 Å². The fraction of sp³-hybridized carbons (Fsp3) is 0.231. The Kier molecular flexibility index (Phi) is 5.54. The van der Waals surface area contributed by atoms with Crippen LogP contribution in [0.1, 0.15) is 6.92 Å². The Morgan fingerprint density at radius 2 is 1.86 bits per heavy atom. The van der Waals surface area contributed by atoms with E-state index >= 15 is 0 Å². The number of nitrogens with zero attached hydrogens (tertiary/aromatic N) is 6. The normalized spacial score (nSPS) is 16.2. The van der Waals surface area contributed by atoms with Gasteiger partial charge in [-0.05, 0) is 42.6 Å². The Labute approximate surface area is 206 Å². The molecular weight excluding hydrogens is 460 g/mol. The number of hydrogen-bond donors (Lipinski definition) is 0. The number of rotatable bonds is 5. The summed E-state index contributed by atoms with van der Waals surface area (Å²) in [6, 6.07) is 21.5. The molecule has 0 saturated carbocycles. The van der Waals surface area contributed by atoms with E-state index in [2.05, 4.69) is 26.4 Å². The van der Waals surface area contributed by atoms with Crippen LogP contribution in [0, 0.1) is 0 Å². The van der Waals surface area contributed by atoms with Crippen molar-refractivity contribution in [3.05, 3.63) is 72.1 Å². The van der Waals surface area contributed by atoms with Gasteiger partial charge < -0.3 is 14.5 Å². The maximum absolute atomic E-state index is 12.9. The number of piperazine rings is 1. The van der Waals surface area contributed by atoms with Crippen LogP contribution in [0.4, 0.5) is 5.95 Å². The molecule has 0 N–H and O–H groups in total. The number of benzene rings is 2. The van der Waals surface area contributed by atoms with Gasteiger partial charge in [0.1, 0.15) is 5.75 Å². The monoisotopic (exact) mass is 484 g/mol. The van der Waals surface area contributed by atoms with Gasteiger partial charge in [0, 0.05) is 31.1 Å². The summed E-state index contributed by atoms with van der Waals surface area (Å²) in [4.78, 5) is 23.1. The van der Waals surface area contributed by atoms with Crippen molar-refractivity contribution in [1.82, 2.24) is 24.5 Å². The fourth-order valence-corrected chi connectivity index (χ4v) is 5.30. The van der Waals surface area contributed by atoms with Crippen molar-refractivity contribution in [2.45, 2.75) is 13.0 Å². The van der Waals surface area contributed by atoms with E-state index in [-0.39, 0.29) is 18.6 Å². The molecule has 1 unspecified atom stereocenters. The number of carbonyl (C=O) groups is 1. The topological polar surface area (TPSA) is 75.9 Å². The number of ether oxygens (including phenoxy) is 1. The third kappa shape index (κ3) is 3.97. The molecule has 9 heteroatoms. The molecule has 3 aromatic heterocycles. The Morgan fingerprint density at radius 1 is 1.03 bits per heavy atom. The van der Waals surface area contributed by atoms with E-state index < -0.39 is 0 Å². The third-order valence-corrected chi connectivity index (χ3v) is 7.17. The minimum absolute atomic E-state index is 0.000567. The van der Waals surface area contributed by atoms with Gasteiger partial charge in [-0.1, -0.05) is 36.4 Å². The summed E-state index contributed by atoms with van der Waals surface area (Å²) in [5.41, 5.74) is 1.67. The zero-order valence-electron chi connectivity index (χ0n) is 19.2. The van der Waals surface area contributed by atoms with E-state index in [1.807, 2.05) is 77.0 Å². The molecule has 2 aromatic carbocycles. The summed E-state index contributed by atoms with van der Waals surface area (Å²) in [7, 11) is 0. The average Bonchev–Trinajstić information content (AvgIpc) is 3.58. The summed E-state index contributed by atoms with van der Waals surface area (Å²) in [6.45, 7) is 3.99. The first-order valence-electron chi connectivity index (χ1n) is 11.6. The molecule has 1 aliphatic heterocycles. The zero-order valence-corrected chi connectivity index (χ0v) is 20.1. The van der Waals surface area contributed by atoms with Gasteiger partial charge in [-0.25, -0.2) is 9.38 Å². The van der Waals surface area contributed by atoms with Crippen LogP contribution in [0.15, 0.2) is 72.1 Å². The second kappa shape index (κ2) is 8.99. The molecule has 1 aliphatic rings. The number of aromatic nitrogens is 4. The van der Waals surface area contributed by atoms with Crippen LogP contribution >= 0.6 is 11.3 Å². The van der Waals surface area contributed by atoms with E-state index in [9.17, 15) is 4.79 Å². The molecule has 0 aliphatic carbocycles. The molecule has 1 amide bonds. The minimum atomic E-state index is -0.0128. The molecule has 35 heavy (non-hydrogen) atoms. The van der Waals surface area contributed by atoms with E-state index in [1.165, 1.54) is 0 Å². The minimum Gasteiger partial charge on any atom is -0.484 e. The highest BCUT2D eigenvalue weighted by molar-refractivity contribution is 7.13. The van der Waals surface area contributed by atoms with Gasteiger partial charge in [-0.15, -0.1) is 21.5 Å². The summed E-state index contributed by atoms with van der Waals surface area (Å²) < 4.78 is 7.75. The highest BCUT2D eigenvalue weighted by Crippen LogP contribution is 2.31. The predicted molar refractivity (Wildman–Crippen MR) is 137 cm³/mol. The highest BCUT2D eigenvalue weighted by atomic mass is 32.1. The summed E-state index contributed by atoms with van der Waals surface area (Å²) in [5, 5.41) is 12.1. The standard InChI is InChI=1S/C26H24N6O2S/c1-18-16-30(13-14-31(18)23(33)17-34-19-8-3-2-4-9-19)26-27-21-11-6-5-10-20(21)24-28-29-25(32(24)26)22-12-7-15-35-22/h2-12,15,18H,13-14,16-17H2,1H3. The summed E-state index contributed by atoms with van der Waals surface area (Å²) in [5.74, 6) is 2.27. The first-order chi connectivity index (χ1) is 17.2. The van der Waals surface area contributed by atoms with Gasteiger partial charge in [0.2, 0.25) is 5.95 Å². The van der Waals surface area contributed by atoms with Crippen LogP contribution in [-0.2, 0) is 4.79 Å². The van der Waals surface area contributed by atoms with Crippen LogP contribution in [-0.4, -0.2) is 62.7 Å². The molecule has 0 bridgehead atoms. The molecule has 1 saturated heterocycles. The van der Waals surface area contributed by atoms with Crippen molar-refractivity contribution in [3.8, 4) is 16.5 Å². The lowest BCUT2D eigenvalue weighted by molar-refractivity contribution is -0.135. The van der Waals surface area contributed by atoms with Crippen molar-refractivity contribution in [2.24, 2.45) is 0 Å². The number of amides is 1. The first-order valence-corrected chi connectivity index (χ1v) is 12.5.